The lowest BCUT2D eigenvalue weighted by Gasteiger charge is -1.96. The number of nitrogens with zero attached hydrogens (tertiary/aromatic N) is 2. The van der Waals surface area contributed by atoms with Gasteiger partial charge in [0.15, 0.2) is 4.77 Å². The van der Waals surface area contributed by atoms with Crippen LogP contribution in [0.25, 0.3) is 11.3 Å². The largest absolute Gasteiger partial charge is 0.494 e. The second-order valence-electron chi connectivity index (χ2n) is 4.45. The quantitative estimate of drug-likeness (QED) is 0.453. The van der Waals surface area contributed by atoms with Crippen LogP contribution in [-0.4, -0.2) is 26.3 Å². The van der Waals surface area contributed by atoms with Gasteiger partial charge in [0.2, 0.25) is 11.0 Å². The third-order valence-corrected chi connectivity index (χ3v) is 4.38. The van der Waals surface area contributed by atoms with Crippen molar-refractivity contribution in [2.45, 2.75) is 0 Å². The van der Waals surface area contributed by atoms with Crippen LogP contribution in [-0.2, 0) is 0 Å². The van der Waals surface area contributed by atoms with Crippen LogP contribution in [0.15, 0.2) is 43.9 Å². The van der Waals surface area contributed by atoms with Crippen molar-refractivity contribution in [3.63, 3.8) is 0 Å². The molecule has 0 fully saturated rings. The van der Waals surface area contributed by atoms with Crippen LogP contribution in [0.1, 0.15) is 5.56 Å². The molecule has 0 aliphatic carbocycles. The number of H-pyrrole nitrogens is 2. The molecule has 3 aromatic rings. The van der Waals surface area contributed by atoms with Gasteiger partial charge < -0.3 is 10.1 Å². The lowest BCUT2D eigenvalue weighted by Crippen LogP contribution is -2.13. The van der Waals surface area contributed by atoms with E-state index in [1.165, 1.54) is 17.6 Å². The number of rotatable bonds is 3. The van der Waals surface area contributed by atoms with E-state index < -0.39 is 5.56 Å². The Morgan fingerprint density at radius 1 is 1.30 bits per heavy atom. The number of thiazole rings is 1. The van der Waals surface area contributed by atoms with Crippen LogP contribution in [0.4, 0.5) is 5.13 Å². The summed E-state index contributed by atoms with van der Waals surface area (Å²) >= 11 is 9.48. The number of aliphatic imine (C=N–C) groups is 1. The Balaban J connectivity index is 1.89. The van der Waals surface area contributed by atoms with Crippen LogP contribution >= 0.6 is 39.5 Å². The molecule has 3 rings (SSSR count). The predicted octanol–water partition coefficient (Wildman–Crippen LogP) is 3.77. The molecule has 6 nitrogen and oxygen atoms in total. The summed E-state index contributed by atoms with van der Waals surface area (Å²) in [7, 11) is 0. The van der Waals surface area contributed by atoms with E-state index in [9.17, 15) is 9.90 Å². The van der Waals surface area contributed by atoms with Gasteiger partial charge in [-0.05, 0) is 24.4 Å². The van der Waals surface area contributed by atoms with Crippen molar-refractivity contribution in [2.24, 2.45) is 4.99 Å². The van der Waals surface area contributed by atoms with Gasteiger partial charge in [0.1, 0.15) is 5.56 Å². The first-order valence-corrected chi connectivity index (χ1v) is 8.42. The molecule has 0 radical (unpaired) electrons. The van der Waals surface area contributed by atoms with Gasteiger partial charge in [-0.3, -0.25) is 9.78 Å². The normalized spacial score (nSPS) is 11.2. The first-order chi connectivity index (χ1) is 11.0. The molecule has 1 aromatic carbocycles. The maximum Gasteiger partial charge on any atom is 0.264 e. The molecule has 0 atom stereocenters. The maximum atomic E-state index is 11.7. The van der Waals surface area contributed by atoms with Gasteiger partial charge in [-0.2, -0.15) is 0 Å². The monoisotopic (exact) mass is 408 g/mol. The molecule has 2 aromatic heterocycles. The number of aromatic amines is 2. The van der Waals surface area contributed by atoms with Crippen molar-refractivity contribution >= 4 is 50.8 Å². The summed E-state index contributed by atoms with van der Waals surface area (Å²) in [4.78, 5) is 25.1. The van der Waals surface area contributed by atoms with Crippen molar-refractivity contribution in [1.29, 1.82) is 0 Å². The molecule has 0 amide bonds. The number of hydrogen-bond donors (Lipinski definition) is 3. The van der Waals surface area contributed by atoms with Gasteiger partial charge in [-0.15, -0.1) is 11.3 Å². The predicted molar refractivity (Wildman–Crippen MR) is 96.4 cm³/mol. The topological polar surface area (TPSA) is 94.1 Å². The van der Waals surface area contributed by atoms with Crippen molar-refractivity contribution in [3.8, 4) is 17.1 Å². The number of benzene rings is 1. The number of hydrogen-bond acceptors (Lipinski definition) is 6. The summed E-state index contributed by atoms with van der Waals surface area (Å²) in [6.45, 7) is 0. The molecule has 116 valence electrons. The summed E-state index contributed by atoms with van der Waals surface area (Å²) < 4.78 is 1.04. The molecular formula is C14H9BrN4O2S2. The van der Waals surface area contributed by atoms with E-state index in [0.717, 1.165) is 15.7 Å². The van der Waals surface area contributed by atoms with Gasteiger partial charge in [0, 0.05) is 21.6 Å². The third-order valence-electron chi connectivity index (χ3n) is 2.89. The van der Waals surface area contributed by atoms with Crippen molar-refractivity contribution in [2.75, 3.05) is 0 Å². The minimum absolute atomic E-state index is 0.000934. The molecule has 23 heavy (non-hydrogen) atoms. The number of nitrogens with one attached hydrogen (secondary N) is 2. The summed E-state index contributed by atoms with van der Waals surface area (Å²) in [6, 6.07) is 7.75. The Morgan fingerprint density at radius 3 is 2.74 bits per heavy atom. The number of halogens is 1. The molecule has 0 saturated heterocycles. The maximum absolute atomic E-state index is 11.7. The molecule has 0 aliphatic heterocycles. The highest BCUT2D eigenvalue weighted by Gasteiger charge is 2.06. The highest BCUT2D eigenvalue weighted by molar-refractivity contribution is 9.10. The van der Waals surface area contributed by atoms with Crippen molar-refractivity contribution < 1.29 is 5.11 Å². The van der Waals surface area contributed by atoms with Crippen LogP contribution in [0.5, 0.6) is 5.88 Å². The van der Waals surface area contributed by atoms with Gasteiger partial charge in [0.25, 0.3) is 5.56 Å². The standard InChI is InChI=1S/C14H9BrN4O2S2/c15-8-3-1-7(2-4-8)10-6-23-14(17-10)16-5-9-11(20)18-13(22)19-12(9)21/h1-6H,(H3,18,19,20,21,22). The Morgan fingerprint density at radius 2 is 2.04 bits per heavy atom. The van der Waals surface area contributed by atoms with E-state index in [1.54, 1.807) is 0 Å². The zero-order chi connectivity index (χ0) is 16.4. The van der Waals surface area contributed by atoms with Gasteiger partial charge in [-0.25, -0.2) is 9.98 Å². The first kappa shape index (κ1) is 15.8. The molecule has 0 saturated carbocycles. The minimum atomic E-state index is -0.514. The molecule has 0 bridgehead atoms. The van der Waals surface area contributed by atoms with E-state index in [2.05, 4.69) is 35.9 Å². The highest BCUT2D eigenvalue weighted by Crippen LogP contribution is 2.27. The smallest absolute Gasteiger partial charge is 0.264 e. The molecule has 3 N–H and O–H groups in total. The lowest BCUT2D eigenvalue weighted by molar-refractivity contribution is 0.449. The molecule has 9 heteroatoms. The SMILES string of the molecule is O=c1[nH]c(=S)[nH]c(O)c1C=Nc1nc(-c2ccc(Br)cc2)cs1. The fourth-order valence-electron chi connectivity index (χ4n) is 1.80. The average molecular weight is 409 g/mol. The van der Waals surface area contributed by atoms with Gasteiger partial charge >= 0.3 is 0 Å². The van der Waals surface area contributed by atoms with Crippen LogP contribution in [0.3, 0.4) is 0 Å². The van der Waals surface area contributed by atoms with E-state index in [-0.39, 0.29) is 16.2 Å². The van der Waals surface area contributed by atoms with Crippen molar-refractivity contribution in [1.82, 2.24) is 15.0 Å². The summed E-state index contributed by atoms with van der Waals surface area (Å²) in [5.41, 5.74) is 1.24. The summed E-state index contributed by atoms with van der Waals surface area (Å²) in [5, 5.41) is 12.1. The Hall–Kier alpha value is -2.10. The van der Waals surface area contributed by atoms with Crippen molar-refractivity contribution in [3.05, 3.63) is 54.8 Å². The lowest BCUT2D eigenvalue weighted by atomic mass is 10.2. The Labute approximate surface area is 147 Å². The van der Waals surface area contributed by atoms with E-state index >= 15 is 0 Å². The minimum Gasteiger partial charge on any atom is -0.494 e. The zero-order valence-electron chi connectivity index (χ0n) is 11.4. The van der Waals surface area contributed by atoms with E-state index in [1.807, 2.05) is 29.6 Å². The van der Waals surface area contributed by atoms with Crippen LogP contribution < -0.4 is 5.56 Å². The first-order valence-electron chi connectivity index (χ1n) is 6.34. The zero-order valence-corrected chi connectivity index (χ0v) is 14.6. The second kappa shape index (κ2) is 6.57. The summed E-state index contributed by atoms with van der Waals surface area (Å²) in [5.74, 6) is -0.327. The highest BCUT2D eigenvalue weighted by atomic mass is 79.9. The van der Waals surface area contributed by atoms with Gasteiger partial charge in [-0.1, -0.05) is 28.1 Å². The Kier molecular flexibility index (Phi) is 4.51. The van der Waals surface area contributed by atoms with Crippen LogP contribution in [0.2, 0.25) is 0 Å². The fraction of sp³-hybridized carbons (Fsp3) is 0. The van der Waals surface area contributed by atoms with Crippen LogP contribution in [0, 0.1) is 4.77 Å². The molecular weight excluding hydrogens is 400 g/mol. The Bertz CT molecular complexity index is 989. The molecule has 0 unspecified atom stereocenters. The fourth-order valence-corrected chi connectivity index (χ4v) is 2.92. The molecule has 0 aliphatic rings. The summed E-state index contributed by atoms with van der Waals surface area (Å²) in [6.07, 6.45) is 1.25. The third kappa shape index (κ3) is 3.63. The average Bonchev–Trinajstić information content (AvgIpc) is 2.96. The molecule has 2 heterocycles. The number of aromatic nitrogens is 3. The second-order valence-corrected chi connectivity index (χ2v) is 6.61. The molecule has 0 spiro atoms. The van der Waals surface area contributed by atoms with E-state index in [4.69, 9.17) is 12.2 Å². The van der Waals surface area contributed by atoms with Gasteiger partial charge in [0.05, 0.1) is 5.69 Å². The number of aromatic hydroxyl groups is 1. The van der Waals surface area contributed by atoms with E-state index in [0.29, 0.717) is 5.13 Å².